The predicted molar refractivity (Wildman–Crippen MR) is 146 cm³/mol. The van der Waals surface area contributed by atoms with Crippen molar-refractivity contribution in [1.82, 2.24) is 14.8 Å². The van der Waals surface area contributed by atoms with Gasteiger partial charge in [0.05, 0.1) is 18.8 Å². The summed E-state index contributed by atoms with van der Waals surface area (Å²) >= 11 is 0. The number of para-hydroxylation sites is 1. The van der Waals surface area contributed by atoms with Gasteiger partial charge in [0.15, 0.2) is 0 Å². The quantitative estimate of drug-likeness (QED) is 0.300. The first-order valence-electron chi connectivity index (χ1n) is 13.2. The van der Waals surface area contributed by atoms with Gasteiger partial charge in [-0.1, -0.05) is 60.7 Å². The van der Waals surface area contributed by atoms with Crippen molar-refractivity contribution >= 4 is 16.8 Å². The number of nitrogens with one attached hydrogen (secondary N) is 1. The number of hydrogen-bond acceptors (Lipinski definition) is 3. The van der Waals surface area contributed by atoms with E-state index < -0.39 is 17.7 Å². The summed E-state index contributed by atoms with van der Waals surface area (Å²) in [4.78, 5) is 15.4. The highest BCUT2D eigenvalue weighted by molar-refractivity contribution is 5.86. The van der Waals surface area contributed by atoms with Crippen molar-refractivity contribution in [2.24, 2.45) is 0 Å². The molecule has 3 aromatic carbocycles. The molecule has 1 fully saturated rings. The number of nitrogens with zero attached hydrogens (tertiary/aromatic N) is 2. The van der Waals surface area contributed by atoms with E-state index in [-0.39, 0.29) is 12.3 Å². The number of amides is 1. The van der Waals surface area contributed by atoms with Gasteiger partial charge in [-0.25, -0.2) is 0 Å². The lowest BCUT2D eigenvalue weighted by molar-refractivity contribution is -0.137. The van der Waals surface area contributed by atoms with Crippen LogP contribution in [0.3, 0.4) is 0 Å². The van der Waals surface area contributed by atoms with Gasteiger partial charge in [0.25, 0.3) is 0 Å². The molecule has 5 nitrogen and oxygen atoms in total. The molecule has 0 unspecified atom stereocenters. The number of ether oxygens (including phenoxy) is 1. The summed E-state index contributed by atoms with van der Waals surface area (Å²) < 4.78 is 47.4. The zero-order chi connectivity index (χ0) is 27.2. The van der Waals surface area contributed by atoms with Crippen molar-refractivity contribution in [2.75, 3.05) is 39.4 Å². The second kappa shape index (κ2) is 12.1. The van der Waals surface area contributed by atoms with Crippen LogP contribution >= 0.6 is 0 Å². The van der Waals surface area contributed by atoms with Crippen molar-refractivity contribution in [1.29, 1.82) is 0 Å². The zero-order valence-electron chi connectivity index (χ0n) is 21.7. The lowest BCUT2D eigenvalue weighted by Gasteiger charge is -2.26. The predicted octanol–water partition coefficient (Wildman–Crippen LogP) is 5.68. The normalized spacial score (nSPS) is 15.4. The molecule has 1 aliphatic rings. The van der Waals surface area contributed by atoms with Crippen LogP contribution < -0.4 is 5.32 Å². The zero-order valence-corrected chi connectivity index (χ0v) is 21.7. The highest BCUT2D eigenvalue weighted by atomic mass is 19.4. The first-order valence-corrected chi connectivity index (χ1v) is 13.2. The topological polar surface area (TPSA) is 46.5 Å². The number of halogens is 3. The molecule has 1 N–H and O–H groups in total. The van der Waals surface area contributed by atoms with Crippen molar-refractivity contribution in [3.8, 4) is 0 Å². The van der Waals surface area contributed by atoms with Crippen LogP contribution in [0.2, 0.25) is 0 Å². The maximum absolute atomic E-state index is 13.3. The molecule has 0 saturated carbocycles. The number of morpholine rings is 1. The second-order valence-corrected chi connectivity index (χ2v) is 9.90. The van der Waals surface area contributed by atoms with E-state index in [9.17, 15) is 18.0 Å². The molecule has 1 amide bonds. The van der Waals surface area contributed by atoms with Gasteiger partial charge in [-0.15, -0.1) is 0 Å². The molecule has 1 saturated heterocycles. The van der Waals surface area contributed by atoms with Crippen LogP contribution in [0.25, 0.3) is 10.9 Å². The third-order valence-electron chi connectivity index (χ3n) is 7.27. The minimum absolute atomic E-state index is 0.131. The van der Waals surface area contributed by atoms with Crippen molar-refractivity contribution in [2.45, 2.75) is 25.1 Å². The molecule has 8 heteroatoms. The molecule has 0 aliphatic carbocycles. The highest BCUT2D eigenvalue weighted by Crippen LogP contribution is 2.37. The van der Waals surface area contributed by atoms with Gasteiger partial charge >= 0.3 is 6.18 Å². The number of alkyl halides is 3. The number of carbonyl (C=O) groups excluding carboxylic acids is 1. The SMILES string of the molecule is O=C(C[C@H](c1ccc(C(F)(F)F)cc1)c1cn(Cc2ccccc2)c2ccccc12)NCCN1CCOCC1. The monoisotopic (exact) mass is 535 g/mol. The van der Waals surface area contributed by atoms with Crippen LogP contribution in [0.1, 0.15) is 34.6 Å². The lowest BCUT2D eigenvalue weighted by Crippen LogP contribution is -2.41. The minimum Gasteiger partial charge on any atom is -0.379 e. The number of aromatic nitrogens is 1. The Hall–Kier alpha value is -3.62. The molecule has 1 aromatic heterocycles. The van der Waals surface area contributed by atoms with Crippen LogP contribution in [-0.2, 0) is 22.3 Å². The van der Waals surface area contributed by atoms with Gasteiger partial charge in [0, 0.05) is 62.2 Å². The van der Waals surface area contributed by atoms with Crippen molar-refractivity contribution < 1.29 is 22.7 Å². The number of rotatable bonds is 9. The number of carbonyl (C=O) groups is 1. The maximum Gasteiger partial charge on any atom is 0.416 e. The van der Waals surface area contributed by atoms with E-state index >= 15 is 0 Å². The molecule has 204 valence electrons. The Labute approximate surface area is 226 Å². The van der Waals surface area contributed by atoms with E-state index in [0.717, 1.165) is 53.8 Å². The van der Waals surface area contributed by atoms with Gasteiger partial charge in [-0.05, 0) is 34.9 Å². The molecule has 1 atom stereocenters. The first-order chi connectivity index (χ1) is 18.9. The standard InChI is InChI=1S/C31H32F3N3O2/c32-31(33,34)25-12-10-24(11-13-25)27(20-30(38)35-14-15-36-16-18-39-19-17-36)28-22-37(21-23-6-2-1-3-7-23)29-9-5-4-8-26(28)29/h1-13,22,27H,14-21H2,(H,35,38)/t27-/m1/s1. The molecule has 4 aromatic rings. The number of fused-ring (bicyclic) bond motifs is 1. The summed E-state index contributed by atoms with van der Waals surface area (Å²) in [6.07, 6.45) is -2.24. The summed E-state index contributed by atoms with van der Waals surface area (Å²) in [5, 5.41) is 4.01. The highest BCUT2D eigenvalue weighted by Gasteiger charge is 2.31. The Morgan fingerprint density at radius 3 is 2.33 bits per heavy atom. The van der Waals surface area contributed by atoms with E-state index in [0.29, 0.717) is 31.9 Å². The Kier molecular flexibility index (Phi) is 8.33. The molecule has 2 heterocycles. The number of hydrogen-bond donors (Lipinski definition) is 1. The Morgan fingerprint density at radius 1 is 0.923 bits per heavy atom. The lowest BCUT2D eigenvalue weighted by atomic mass is 9.87. The Morgan fingerprint density at radius 2 is 1.62 bits per heavy atom. The molecule has 1 aliphatic heterocycles. The van der Waals surface area contributed by atoms with Gasteiger partial charge in [-0.2, -0.15) is 13.2 Å². The van der Waals surface area contributed by atoms with Crippen molar-refractivity contribution in [3.63, 3.8) is 0 Å². The fraction of sp³-hybridized carbons (Fsp3) is 0.323. The summed E-state index contributed by atoms with van der Waals surface area (Å²) in [5.74, 6) is -0.536. The minimum atomic E-state index is -4.42. The van der Waals surface area contributed by atoms with E-state index in [1.54, 1.807) is 0 Å². The van der Waals surface area contributed by atoms with E-state index in [1.165, 1.54) is 12.1 Å². The Bertz CT molecular complexity index is 1380. The molecule has 39 heavy (non-hydrogen) atoms. The van der Waals surface area contributed by atoms with Crippen LogP contribution in [0, 0.1) is 0 Å². The van der Waals surface area contributed by atoms with E-state index in [1.807, 2.05) is 48.7 Å². The fourth-order valence-electron chi connectivity index (χ4n) is 5.21. The van der Waals surface area contributed by atoms with Crippen LogP contribution in [0.4, 0.5) is 13.2 Å². The van der Waals surface area contributed by atoms with Gasteiger partial charge in [0.2, 0.25) is 5.91 Å². The van der Waals surface area contributed by atoms with Crippen LogP contribution in [0.5, 0.6) is 0 Å². The summed E-state index contributed by atoms with van der Waals surface area (Å²) in [7, 11) is 0. The van der Waals surface area contributed by atoms with E-state index in [4.69, 9.17) is 4.74 Å². The summed E-state index contributed by atoms with van der Waals surface area (Å²) in [6.45, 7) is 4.95. The van der Waals surface area contributed by atoms with Gasteiger partial charge in [0.1, 0.15) is 0 Å². The average Bonchev–Trinajstić information content (AvgIpc) is 3.30. The molecule has 0 bridgehead atoms. The van der Waals surface area contributed by atoms with Gasteiger partial charge in [-0.3, -0.25) is 9.69 Å². The van der Waals surface area contributed by atoms with Crippen molar-refractivity contribution in [3.05, 3.63) is 107 Å². The maximum atomic E-state index is 13.3. The second-order valence-electron chi connectivity index (χ2n) is 9.90. The molecule has 5 rings (SSSR count). The Balaban J connectivity index is 1.44. The first kappa shape index (κ1) is 27.0. The largest absolute Gasteiger partial charge is 0.416 e. The van der Waals surface area contributed by atoms with E-state index in [2.05, 4.69) is 26.9 Å². The molecular formula is C31H32F3N3O2. The molecule has 0 spiro atoms. The number of benzene rings is 3. The third-order valence-corrected chi connectivity index (χ3v) is 7.27. The van der Waals surface area contributed by atoms with Crippen LogP contribution in [0.15, 0.2) is 85.1 Å². The van der Waals surface area contributed by atoms with Crippen LogP contribution in [-0.4, -0.2) is 54.8 Å². The molecular weight excluding hydrogens is 503 g/mol. The van der Waals surface area contributed by atoms with Gasteiger partial charge < -0.3 is 14.6 Å². The third kappa shape index (κ3) is 6.69. The summed E-state index contributed by atoms with van der Waals surface area (Å²) in [5.41, 5.74) is 3.04. The molecule has 0 radical (unpaired) electrons. The summed E-state index contributed by atoms with van der Waals surface area (Å²) in [6, 6.07) is 23.2. The average molecular weight is 536 g/mol. The smallest absolute Gasteiger partial charge is 0.379 e. The fourth-order valence-corrected chi connectivity index (χ4v) is 5.21.